The highest BCUT2D eigenvalue weighted by molar-refractivity contribution is 4.84. The normalized spacial score (nSPS) is 20.2. The second-order valence-electron chi connectivity index (χ2n) is 11.1. The number of unbranched alkanes of at least 4 members (excludes halogenated alkanes) is 18. The van der Waals surface area contributed by atoms with E-state index in [2.05, 4.69) is 37.5 Å². The molecule has 0 aliphatic carbocycles. The van der Waals surface area contributed by atoms with Crippen LogP contribution in [0, 0.1) is 0 Å². The van der Waals surface area contributed by atoms with E-state index in [9.17, 15) is 0 Å². The molecule has 0 N–H and O–H groups in total. The fourth-order valence-corrected chi connectivity index (χ4v) is 5.50. The number of rotatable bonds is 22. The molecular formula is C30H62N2. The highest BCUT2D eigenvalue weighted by Crippen LogP contribution is 2.18. The van der Waals surface area contributed by atoms with Crippen molar-refractivity contribution in [2.75, 3.05) is 26.2 Å². The third-order valence-corrected chi connectivity index (χ3v) is 7.84. The van der Waals surface area contributed by atoms with Gasteiger partial charge in [-0.25, -0.2) is 0 Å². The van der Waals surface area contributed by atoms with Crippen molar-refractivity contribution in [1.82, 2.24) is 9.80 Å². The standard InChI is InChI=1S/C30H62N2/c1-5-7-9-11-13-15-17-19-21-23-25-31-27-30(4)32(28-29(31)3)26-24-22-20-18-16-14-12-10-8-6-2/h29-30H,5-28H2,1-4H3. The summed E-state index contributed by atoms with van der Waals surface area (Å²) < 4.78 is 0. The van der Waals surface area contributed by atoms with E-state index in [1.165, 1.54) is 155 Å². The van der Waals surface area contributed by atoms with Crippen LogP contribution in [-0.2, 0) is 0 Å². The Labute approximate surface area is 204 Å². The van der Waals surface area contributed by atoms with E-state index in [0.29, 0.717) is 0 Å². The Balaban J connectivity index is 1.97. The zero-order valence-electron chi connectivity index (χ0n) is 23.0. The Kier molecular flexibility index (Phi) is 20.1. The lowest BCUT2D eigenvalue weighted by molar-refractivity contribution is 0.0406. The Morgan fingerprint density at radius 2 is 0.656 bits per heavy atom. The highest BCUT2D eigenvalue weighted by atomic mass is 15.3. The van der Waals surface area contributed by atoms with Crippen molar-refractivity contribution in [3.8, 4) is 0 Å². The minimum Gasteiger partial charge on any atom is -0.298 e. The predicted octanol–water partition coefficient (Wildman–Crippen LogP) is 9.22. The van der Waals surface area contributed by atoms with Gasteiger partial charge in [0.1, 0.15) is 0 Å². The Bertz CT molecular complexity index is 347. The maximum Gasteiger partial charge on any atom is 0.0195 e. The topological polar surface area (TPSA) is 6.48 Å². The van der Waals surface area contributed by atoms with Crippen molar-refractivity contribution in [2.24, 2.45) is 0 Å². The summed E-state index contributed by atoms with van der Waals surface area (Å²) in [7, 11) is 0. The minimum atomic E-state index is 0.743. The lowest BCUT2D eigenvalue weighted by atomic mass is 10.0. The molecule has 32 heavy (non-hydrogen) atoms. The molecule has 1 saturated heterocycles. The molecule has 192 valence electrons. The van der Waals surface area contributed by atoms with Crippen LogP contribution in [0.15, 0.2) is 0 Å². The number of hydrogen-bond donors (Lipinski definition) is 0. The Morgan fingerprint density at radius 1 is 0.406 bits per heavy atom. The molecule has 1 fully saturated rings. The summed E-state index contributed by atoms with van der Waals surface area (Å²) >= 11 is 0. The summed E-state index contributed by atoms with van der Waals surface area (Å²) in [5.74, 6) is 0. The van der Waals surface area contributed by atoms with Crippen molar-refractivity contribution in [3.63, 3.8) is 0 Å². The van der Waals surface area contributed by atoms with E-state index in [1.807, 2.05) is 0 Å². The molecule has 2 atom stereocenters. The first kappa shape index (κ1) is 30.0. The molecule has 0 amide bonds. The van der Waals surface area contributed by atoms with E-state index in [0.717, 1.165) is 12.1 Å². The fourth-order valence-electron chi connectivity index (χ4n) is 5.50. The van der Waals surface area contributed by atoms with E-state index in [-0.39, 0.29) is 0 Å². The maximum absolute atomic E-state index is 2.78. The molecule has 0 spiro atoms. The van der Waals surface area contributed by atoms with Crippen LogP contribution < -0.4 is 0 Å². The second-order valence-corrected chi connectivity index (χ2v) is 11.1. The lowest BCUT2D eigenvalue weighted by Gasteiger charge is -2.44. The third-order valence-electron chi connectivity index (χ3n) is 7.84. The summed E-state index contributed by atoms with van der Waals surface area (Å²) in [5, 5.41) is 0. The van der Waals surface area contributed by atoms with Gasteiger partial charge in [-0.1, -0.05) is 129 Å². The molecule has 1 aliphatic rings. The van der Waals surface area contributed by atoms with Crippen molar-refractivity contribution >= 4 is 0 Å². The van der Waals surface area contributed by atoms with Gasteiger partial charge in [-0.05, 0) is 39.8 Å². The highest BCUT2D eigenvalue weighted by Gasteiger charge is 2.27. The first-order valence-corrected chi connectivity index (χ1v) is 15.2. The van der Waals surface area contributed by atoms with E-state index in [4.69, 9.17) is 0 Å². The second kappa shape index (κ2) is 21.5. The third kappa shape index (κ3) is 15.7. The average Bonchev–Trinajstić information content (AvgIpc) is 2.79. The summed E-state index contributed by atoms with van der Waals surface area (Å²) in [4.78, 5) is 5.56. The molecule has 1 heterocycles. The summed E-state index contributed by atoms with van der Waals surface area (Å²) in [6.07, 6.45) is 28.8. The first-order chi connectivity index (χ1) is 15.7. The lowest BCUT2D eigenvalue weighted by Crippen LogP contribution is -2.56. The van der Waals surface area contributed by atoms with Crippen LogP contribution in [0.5, 0.6) is 0 Å². The fraction of sp³-hybridized carbons (Fsp3) is 1.00. The molecule has 0 aromatic carbocycles. The Hall–Kier alpha value is -0.0800. The molecular weight excluding hydrogens is 388 g/mol. The van der Waals surface area contributed by atoms with Crippen LogP contribution in [0.1, 0.15) is 156 Å². The van der Waals surface area contributed by atoms with Crippen LogP contribution in [-0.4, -0.2) is 48.1 Å². The Morgan fingerprint density at radius 3 is 0.938 bits per heavy atom. The van der Waals surface area contributed by atoms with Crippen LogP contribution in [0.2, 0.25) is 0 Å². The zero-order chi connectivity index (χ0) is 23.3. The first-order valence-electron chi connectivity index (χ1n) is 15.2. The molecule has 0 radical (unpaired) electrons. The van der Waals surface area contributed by atoms with Gasteiger partial charge in [0.25, 0.3) is 0 Å². The van der Waals surface area contributed by atoms with Gasteiger partial charge < -0.3 is 0 Å². The summed E-state index contributed by atoms with van der Waals surface area (Å²) in [5.41, 5.74) is 0. The van der Waals surface area contributed by atoms with Crippen molar-refractivity contribution in [3.05, 3.63) is 0 Å². The van der Waals surface area contributed by atoms with Crippen molar-refractivity contribution < 1.29 is 0 Å². The molecule has 1 rings (SSSR count). The molecule has 0 bridgehead atoms. The molecule has 0 saturated carbocycles. The molecule has 0 aromatic rings. The molecule has 1 aliphatic heterocycles. The van der Waals surface area contributed by atoms with Gasteiger partial charge in [-0.15, -0.1) is 0 Å². The van der Waals surface area contributed by atoms with Crippen molar-refractivity contribution in [1.29, 1.82) is 0 Å². The number of piperazine rings is 1. The van der Waals surface area contributed by atoms with E-state index >= 15 is 0 Å². The van der Waals surface area contributed by atoms with E-state index in [1.54, 1.807) is 0 Å². The molecule has 0 aromatic heterocycles. The SMILES string of the molecule is CCCCCCCCCCCCN1CC(C)N(CCCCCCCCCCCC)CC1C. The average molecular weight is 451 g/mol. The van der Waals surface area contributed by atoms with Crippen LogP contribution in [0.3, 0.4) is 0 Å². The number of hydrogen-bond acceptors (Lipinski definition) is 2. The van der Waals surface area contributed by atoms with Crippen LogP contribution in [0.25, 0.3) is 0 Å². The largest absolute Gasteiger partial charge is 0.298 e. The van der Waals surface area contributed by atoms with Gasteiger partial charge in [0.15, 0.2) is 0 Å². The van der Waals surface area contributed by atoms with Gasteiger partial charge in [-0.2, -0.15) is 0 Å². The van der Waals surface area contributed by atoms with Crippen molar-refractivity contribution in [2.45, 2.75) is 168 Å². The molecule has 2 heteroatoms. The quantitative estimate of drug-likeness (QED) is 0.152. The van der Waals surface area contributed by atoms with Gasteiger partial charge >= 0.3 is 0 Å². The predicted molar refractivity (Wildman–Crippen MR) is 146 cm³/mol. The maximum atomic E-state index is 2.78. The summed E-state index contributed by atoms with van der Waals surface area (Å²) in [6.45, 7) is 14.8. The zero-order valence-corrected chi connectivity index (χ0v) is 23.0. The number of nitrogens with zero attached hydrogens (tertiary/aromatic N) is 2. The smallest absolute Gasteiger partial charge is 0.0195 e. The van der Waals surface area contributed by atoms with Crippen LogP contribution >= 0.6 is 0 Å². The minimum absolute atomic E-state index is 0.743. The molecule has 2 unspecified atom stereocenters. The molecule has 2 nitrogen and oxygen atoms in total. The van der Waals surface area contributed by atoms with Crippen LogP contribution in [0.4, 0.5) is 0 Å². The van der Waals surface area contributed by atoms with E-state index < -0.39 is 0 Å². The summed E-state index contributed by atoms with van der Waals surface area (Å²) in [6, 6.07) is 1.49. The monoisotopic (exact) mass is 450 g/mol. The van der Waals surface area contributed by atoms with Gasteiger partial charge in [-0.3, -0.25) is 9.80 Å². The van der Waals surface area contributed by atoms with Gasteiger partial charge in [0.05, 0.1) is 0 Å². The van der Waals surface area contributed by atoms with Gasteiger partial charge in [0.2, 0.25) is 0 Å². The van der Waals surface area contributed by atoms with Gasteiger partial charge in [0, 0.05) is 25.2 Å².